The number of hydrogen-bond acceptors (Lipinski definition) is 1. The first-order valence-corrected chi connectivity index (χ1v) is 5.52. The lowest BCUT2D eigenvalue weighted by Gasteiger charge is -2.11. The van der Waals surface area contributed by atoms with E-state index in [0.29, 0.717) is 5.02 Å². The molecule has 0 heterocycles. The maximum absolute atomic E-state index is 5.80. The maximum atomic E-state index is 5.80. The van der Waals surface area contributed by atoms with Crippen LogP contribution in [0.4, 0.5) is 0 Å². The van der Waals surface area contributed by atoms with Crippen molar-refractivity contribution in [3.63, 3.8) is 0 Å². The van der Waals surface area contributed by atoms with Crippen LogP contribution in [-0.4, -0.2) is 6.61 Å². The summed E-state index contributed by atoms with van der Waals surface area (Å²) in [5, 5.41) is 0.619. The molecule has 1 aliphatic carbocycles. The molecular formula is C12H14ClO. The summed E-state index contributed by atoms with van der Waals surface area (Å²) in [5.74, 6) is 1.61. The zero-order valence-electron chi connectivity index (χ0n) is 8.13. The lowest BCUT2D eigenvalue weighted by molar-refractivity contribution is 0.252. The molecule has 0 spiro atoms. The molecule has 1 aliphatic rings. The summed E-state index contributed by atoms with van der Waals surface area (Å²) in [7, 11) is 0. The van der Waals surface area contributed by atoms with Crippen LogP contribution in [0.3, 0.4) is 0 Å². The molecule has 2 heteroatoms. The van der Waals surface area contributed by atoms with Gasteiger partial charge >= 0.3 is 0 Å². The first-order chi connectivity index (χ1) is 6.84. The van der Waals surface area contributed by atoms with Crippen molar-refractivity contribution < 1.29 is 4.74 Å². The molecule has 0 bridgehead atoms. The van der Waals surface area contributed by atoms with E-state index in [1.54, 1.807) is 6.07 Å². The van der Waals surface area contributed by atoms with Crippen molar-refractivity contribution in [3.8, 4) is 5.75 Å². The van der Waals surface area contributed by atoms with Crippen LogP contribution in [0.1, 0.15) is 25.7 Å². The smallest absolute Gasteiger partial charge is 0.120 e. The monoisotopic (exact) mass is 209 g/mol. The first kappa shape index (κ1) is 9.85. The topological polar surface area (TPSA) is 9.23 Å². The summed E-state index contributed by atoms with van der Waals surface area (Å²) in [6.45, 7) is 0.834. The molecule has 0 amide bonds. The fraction of sp³-hybridized carbons (Fsp3) is 0.500. The molecular weight excluding hydrogens is 196 g/mol. The van der Waals surface area contributed by atoms with E-state index in [4.69, 9.17) is 16.3 Å². The molecule has 1 aromatic rings. The highest BCUT2D eigenvalue weighted by atomic mass is 35.5. The third kappa shape index (κ3) is 2.65. The normalized spacial score (nSPS) is 17.2. The highest BCUT2D eigenvalue weighted by Crippen LogP contribution is 2.26. The highest BCUT2D eigenvalue weighted by Gasteiger charge is 2.15. The van der Waals surface area contributed by atoms with Crippen molar-refractivity contribution in [1.29, 1.82) is 0 Å². The van der Waals surface area contributed by atoms with Crippen LogP contribution in [-0.2, 0) is 0 Å². The summed E-state index contributed by atoms with van der Waals surface area (Å²) in [6, 6.07) is 8.40. The van der Waals surface area contributed by atoms with Crippen molar-refractivity contribution >= 4 is 11.6 Å². The Kier molecular flexibility index (Phi) is 3.30. The number of halogens is 1. The lowest BCUT2D eigenvalue weighted by Crippen LogP contribution is -2.07. The molecule has 1 fully saturated rings. The van der Waals surface area contributed by atoms with Crippen molar-refractivity contribution in [1.82, 2.24) is 0 Å². The van der Waals surface area contributed by atoms with Gasteiger partial charge in [-0.05, 0) is 37.0 Å². The summed E-state index contributed by atoms with van der Waals surface area (Å²) >= 11 is 5.80. The van der Waals surface area contributed by atoms with Crippen LogP contribution in [0.15, 0.2) is 18.2 Å². The van der Waals surface area contributed by atoms with Gasteiger partial charge in [0.25, 0.3) is 0 Å². The largest absolute Gasteiger partial charge is 0.493 e. The van der Waals surface area contributed by atoms with Gasteiger partial charge in [0.15, 0.2) is 0 Å². The second-order valence-corrected chi connectivity index (χ2v) is 4.24. The van der Waals surface area contributed by atoms with E-state index in [-0.39, 0.29) is 0 Å². The van der Waals surface area contributed by atoms with Gasteiger partial charge in [0.2, 0.25) is 0 Å². The Balaban J connectivity index is 1.85. The summed E-state index contributed by atoms with van der Waals surface area (Å²) in [6.07, 6.45) is 5.34. The van der Waals surface area contributed by atoms with Crippen LogP contribution in [0, 0.1) is 12.0 Å². The van der Waals surface area contributed by atoms with Crippen LogP contribution in [0.25, 0.3) is 0 Å². The number of hydrogen-bond donors (Lipinski definition) is 0. The Hall–Kier alpha value is -0.690. The Morgan fingerprint density at radius 1 is 1.43 bits per heavy atom. The van der Waals surface area contributed by atoms with E-state index < -0.39 is 0 Å². The predicted molar refractivity (Wildman–Crippen MR) is 57.7 cm³/mol. The fourth-order valence-electron chi connectivity index (χ4n) is 1.90. The molecule has 0 atom stereocenters. The Bertz CT molecular complexity index is 292. The second-order valence-electron chi connectivity index (χ2n) is 3.83. The average molecular weight is 210 g/mol. The van der Waals surface area contributed by atoms with E-state index in [1.165, 1.54) is 25.7 Å². The van der Waals surface area contributed by atoms with Crippen LogP contribution >= 0.6 is 11.6 Å². The minimum atomic E-state index is 0.619. The Morgan fingerprint density at radius 2 is 2.21 bits per heavy atom. The molecule has 75 valence electrons. The second kappa shape index (κ2) is 4.70. The average Bonchev–Trinajstić information content (AvgIpc) is 2.67. The summed E-state index contributed by atoms with van der Waals surface area (Å²) in [5.41, 5.74) is 0. The molecule has 14 heavy (non-hydrogen) atoms. The van der Waals surface area contributed by atoms with Gasteiger partial charge in [0.1, 0.15) is 5.75 Å². The maximum Gasteiger partial charge on any atom is 0.120 e. The molecule has 1 aromatic carbocycles. The quantitative estimate of drug-likeness (QED) is 0.738. The molecule has 1 nitrogen and oxygen atoms in total. The van der Waals surface area contributed by atoms with Gasteiger partial charge in [-0.15, -0.1) is 0 Å². The third-order valence-electron chi connectivity index (χ3n) is 2.70. The molecule has 0 unspecified atom stereocenters. The van der Waals surface area contributed by atoms with E-state index in [9.17, 15) is 0 Å². The number of ether oxygens (including phenoxy) is 1. The highest BCUT2D eigenvalue weighted by molar-refractivity contribution is 6.30. The van der Waals surface area contributed by atoms with Gasteiger partial charge in [-0.2, -0.15) is 0 Å². The minimum Gasteiger partial charge on any atom is -0.493 e. The van der Waals surface area contributed by atoms with Crippen molar-refractivity contribution in [2.75, 3.05) is 6.61 Å². The zero-order valence-corrected chi connectivity index (χ0v) is 8.89. The van der Waals surface area contributed by atoms with Crippen molar-refractivity contribution in [2.45, 2.75) is 25.7 Å². The van der Waals surface area contributed by atoms with Crippen molar-refractivity contribution in [2.24, 2.45) is 5.92 Å². The van der Waals surface area contributed by atoms with Crippen LogP contribution in [0.2, 0.25) is 5.02 Å². The van der Waals surface area contributed by atoms with Gasteiger partial charge in [0.05, 0.1) is 11.6 Å². The number of rotatable bonds is 3. The molecule has 0 aliphatic heterocycles. The van der Waals surface area contributed by atoms with E-state index in [2.05, 4.69) is 6.07 Å². The lowest BCUT2D eigenvalue weighted by atomic mass is 10.1. The standard InChI is InChI=1S/C12H14ClO/c13-11-6-3-7-12(8-11)14-9-10-4-1-2-5-10/h3,7-8,10H,1-2,4-5,9H2. The molecule has 1 radical (unpaired) electrons. The SMILES string of the molecule is Clc1[c]ccc(OCC2CCCC2)c1. The predicted octanol–water partition coefficient (Wildman–Crippen LogP) is 3.71. The zero-order chi connectivity index (χ0) is 9.80. The first-order valence-electron chi connectivity index (χ1n) is 5.14. The molecule has 0 aromatic heterocycles. The van der Waals surface area contributed by atoms with Crippen molar-refractivity contribution in [3.05, 3.63) is 29.3 Å². The summed E-state index contributed by atoms with van der Waals surface area (Å²) in [4.78, 5) is 0. The van der Waals surface area contributed by atoms with Gasteiger partial charge in [0, 0.05) is 6.07 Å². The fourth-order valence-corrected chi connectivity index (χ4v) is 2.07. The Labute approximate surface area is 90.0 Å². The molecule has 0 N–H and O–H groups in total. The van der Waals surface area contributed by atoms with Crippen LogP contribution in [0.5, 0.6) is 5.75 Å². The van der Waals surface area contributed by atoms with E-state index in [0.717, 1.165) is 18.3 Å². The number of benzene rings is 1. The molecule has 0 saturated heterocycles. The van der Waals surface area contributed by atoms with Gasteiger partial charge in [-0.25, -0.2) is 0 Å². The van der Waals surface area contributed by atoms with Gasteiger partial charge < -0.3 is 4.74 Å². The summed E-state index contributed by atoms with van der Waals surface area (Å²) < 4.78 is 5.67. The molecule has 1 saturated carbocycles. The third-order valence-corrected chi connectivity index (χ3v) is 2.92. The van der Waals surface area contributed by atoms with Crippen LogP contribution < -0.4 is 4.74 Å². The Morgan fingerprint density at radius 3 is 2.93 bits per heavy atom. The van der Waals surface area contributed by atoms with E-state index in [1.807, 2.05) is 12.1 Å². The minimum absolute atomic E-state index is 0.619. The van der Waals surface area contributed by atoms with Gasteiger partial charge in [-0.3, -0.25) is 0 Å². The molecule has 2 rings (SSSR count). The van der Waals surface area contributed by atoms with Gasteiger partial charge in [-0.1, -0.05) is 24.4 Å². The van der Waals surface area contributed by atoms with E-state index >= 15 is 0 Å².